The fourth-order valence-electron chi connectivity index (χ4n) is 4.49. The second kappa shape index (κ2) is 17.6. The monoisotopic (exact) mass is 952 g/mol. The van der Waals surface area contributed by atoms with E-state index in [1.807, 2.05) is 72.8 Å². The molecule has 1 N–H and O–H groups in total. The van der Waals surface area contributed by atoms with E-state index in [0.717, 1.165) is 33.8 Å². The number of anilines is 2. The van der Waals surface area contributed by atoms with Crippen LogP contribution < -0.4 is 10.1 Å². The van der Waals surface area contributed by atoms with Crippen LogP contribution in [0.1, 0.15) is 27.0 Å². The third-order valence-corrected chi connectivity index (χ3v) is 5.94. The van der Waals surface area contributed by atoms with Gasteiger partial charge in [-0.25, -0.2) is 4.79 Å². The molecule has 0 bridgehead atoms. The summed E-state index contributed by atoms with van der Waals surface area (Å²) in [6, 6.07) is 30.0. The molecule has 1 atom stereocenters. The minimum absolute atomic E-state index is 0. The van der Waals surface area contributed by atoms with Crippen molar-refractivity contribution in [3.05, 3.63) is 119 Å². The molecule has 0 fully saturated rings. The molecule has 1 unspecified atom stereocenters. The third-order valence-electron chi connectivity index (χ3n) is 5.94. The molecule has 38 heavy (non-hydrogen) atoms. The van der Waals surface area contributed by atoms with E-state index in [-0.39, 0.29) is 202 Å². The van der Waals surface area contributed by atoms with Gasteiger partial charge in [0.1, 0.15) is 5.75 Å². The molecule has 5 nitrogen and oxygen atoms in total. The van der Waals surface area contributed by atoms with Gasteiger partial charge in [-0.2, -0.15) is 6.07 Å². The number of esters is 1. The number of para-hydroxylation sites is 1. The SMILES string of the molecule is C[N-]c1ccc2c(c1)Oc1c[c-]c(Nc3ccccc3)cc1C21OC(=O)c2ccccc21.[Y].[Y].[Y].[Y].[Y].[Y]. The van der Waals surface area contributed by atoms with Crippen LogP contribution in [0.2, 0.25) is 0 Å². The molecule has 2 heterocycles. The second-order valence-corrected chi connectivity index (χ2v) is 7.74. The molecule has 0 aliphatic carbocycles. The molecule has 11 heteroatoms. The number of fused-ring (bicyclic) bond motifs is 6. The first-order valence-corrected chi connectivity index (χ1v) is 10.3. The van der Waals surface area contributed by atoms with E-state index in [0.29, 0.717) is 17.1 Å². The Morgan fingerprint density at radius 3 is 2.16 bits per heavy atom. The summed E-state index contributed by atoms with van der Waals surface area (Å²) < 4.78 is 12.5. The Hall–Kier alpha value is 2.37. The van der Waals surface area contributed by atoms with E-state index >= 15 is 0 Å². The maximum Gasteiger partial charge on any atom is 0.340 e. The van der Waals surface area contributed by atoms with E-state index < -0.39 is 5.60 Å². The number of nitrogens with zero attached hydrogens (tertiary/aromatic N) is 1. The summed E-state index contributed by atoms with van der Waals surface area (Å²) in [6.45, 7) is 0. The fraction of sp³-hybridized carbons (Fsp3) is 0.0741. The van der Waals surface area contributed by atoms with Crippen molar-refractivity contribution >= 4 is 23.0 Å². The summed E-state index contributed by atoms with van der Waals surface area (Å²) in [5, 5.41) is 7.64. The number of rotatable bonds is 3. The first-order valence-electron chi connectivity index (χ1n) is 10.3. The minimum Gasteiger partial charge on any atom is -0.687 e. The molecule has 174 valence electrons. The van der Waals surface area contributed by atoms with Crippen molar-refractivity contribution in [3.63, 3.8) is 0 Å². The Bertz CT molecular complexity index is 1390. The molecule has 1 spiro atoms. The van der Waals surface area contributed by atoms with Gasteiger partial charge in [0.05, 0.1) is 5.56 Å². The molecular weight excluding hydrogens is 934 g/mol. The Morgan fingerprint density at radius 2 is 1.45 bits per heavy atom. The van der Waals surface area contributed by atoms with Crippen LogP contribution in [-0.2, 0) is 207 Å². The van der Waals surface area contributed by atoms with E-state index in [1.165, 1.54) is 0 Å². The van der Waals surface area contributed by atoms with Gasteiger partial charge in [-0.15, -0.1) is 24.9 Å². The van der Waals surface area contributed by atoms with Crippen LogP contribution in [0.4, 0.5) is 17.1 Å². The largest absolute Gasteiger partial charge is 0.687 e. The predicted octanol–water partition coefficient (Wildman–Crippen LogP) is 6.42. The smallest absolute Gasteiger partial charge is 0.340 e. The van der Waals surface area contributed by atoms with Crippen molar-refractivity contribution in [1.82, 2.24) is 0 Å². The number of ether oxygens (including phenoxy) is 2. The number of benzene rings is 4. The Kier molecular flexibility index (Phi) is 18.7. The van der Waals surface area contributed by atoms with E-state index in [9.17, 15) is 4.79 Å². The molecule has 0 amide bonds. The average Bonchev–Trinajstić information content (AvgIpc) is 3.13. The molecule has 6 rings (SSSR count). The second-order valence-electron chi connectivity index (χ2n) is 7.74. The van der Waals surface area contributed by atoms with Gasteiger partial charge >= 0.3 is 5.97 Å². The number of nitrogens with one attached hydrogen (secondary N) is 1. The number of carbonyl (C=O) groups is 1. The van der Waals surface area contributed by atoms with Crippen LogP contribution in [0.3, 0.4) is 0 Å². The summed E-state index contributed by atoms with van der Waals surface area (Å²) in [6.07, 6.45) is 0. The van der Waals surface area contributed by atoms with Gasteiger partial charge in [0, 0.05) is 219 Å². The normalized spacial score (nSPS) is 14.8. The van der Waals surface area contributed by atoms with Gasteiger partial charge < -0.3 is 20.1 Å². The molecule has 2 aliphatic heterocycles. The van der Waals surface area contributed by atoms with Crippen LogP contribution in [-0.4, -0.2) is 13.0 Å². The standard InChI is InChI=1S/C27H18N2O3.6Y/c1-28-18-11-13-22-25(16-18)31-24-14-12-19(29-17-7-3-2-4-8-17)15-23(24)27(22)21-10-6-5-9-20(21)26(30)32-27;;;;;;/h2-11,13-16,29H,1H3;;;;;;/q-2;;;;;;. The first-order chi connectivity index (χ1) is 15.7. The summed E-state index contributed by atoms with van der Waals surface area (Å²) >= 11 is 0. The molecule has 0 aromatic heterocycles. The van der Waals surface area contributed by atoms with Crippen molar-refractivity contribution in [2.24, 2.45) is 0 Å². The maximum absolute atomic E-state index is 13.0. The van der Waals surface area contributed by atoms with E-state index in [1.54, 1.807) is 19.2 Å². The van der Waals surface area contributed by atoms with Crippen molar-refractivity contribution in [1.29, 1.82) is 0 Å². The first kappa shape index (κ1) is 40.4. The van der Waals surface area contributed by atoms with E-state index in [2.05, 4.69) is 16.7 Å². The van der Waals surface area contributed by atoms with Gasteiger partial charge in [0.15, 0.2) is 5.60 Å². The van der Waals surface area contributed by atoms with Crippen LogP contribution in [0.5, 0.6) is 11.5 Å². The van der Waals surface area contributed by atoms with Crippen molar-refractivity contribution < 1.29 is 211 Å². The number of hydrogen-bond acceptors (Lipinski definition) is 4. The average molecular weight is 952 g/mol. The molecule has 4 aromatic carbocycles. The molecule has 0 saturated carbocycles. The van der Waals surface area contributed by atoms with Crippen molar-refractivity contribution in [2.75, 3.05) is 12.4 Å². The Balaban J connectivity index is 0.00000228. The molecule has 0 saturated heterocycles. The van der Waals surface area contributed by atoms with Crippen LogP contribution in [0, 0.1) is 6.07 Å². The maximum atomic E-state index is 13.0. The fourth-order valence-corrected chi connectivity index (χ4v) is 4.49. The molecular formula is C27H18N2O3Y6-2. The van der Waals surface area contributed by atoms with Crippen molar-refractivity contribution in [2.45, 2.75) is 5.60 Å². The van der Waals surface area contributed by atoms with Crippen LogP contribution in [0.25, 0.3) is 5.32 Å². The molecule has 4 aromatic rings. The zero-order chi connectivity index (χ0) is 21.7. The van der Waals surface area contributed by atoms with Gasteiger partial charge in [-0.05, 0) is 24.3 Å². The van der Waals surface area contributed by atoms with Gasteiger partial charge in [-0.1, -0.05) is 59.8 Å². The Labute approximate surface area is 373 Å². The van der Waals surface area contributed by atoms with Gasteiger partial charge in [-0.3, -0.25) is 0 Å². The Morgan fingerprint density at radius 1 is 0.763 bits per heavy atom. The number of hydrogen-bond donors (Lipinski definition) is 1. The zero-order valence-corrected chi connectivity index (χ0v) is 37.7. The van der Waals surface area contributed by atoms with Crippen molar-refractivity contribution in [3.8, 4) is 11.5 Å². The zero-order valence-electron chi connectivity index (χ0n) is 20.7. The van der Waals surface area contributed by atoms with E-state index in [4.69, 9.17) is 9.47 Å². The summed E-state index contributed by atoms with van der Waals surface area (Å²) in [5.41, 5.74) is 4.25. The van der Waals surface area contributed by atoms with Crippen LogP contribution >= 0.6 is 0 Å². The minimum atomic E-state index is -1.11. The van der Waals surface area contributed by atoms with Crippen LogP contribution in [0.15, 0.2) is 84.9 Å². The molecule has 2 aliphatic rings. The topological polar surface area (TPSA) is 61.7 Å². The third kappa shape index (κ3) is 7.53. The number of carbonyl (C=O) groups excluding carboxylic acids is 1. The summed E-state index contributed by atoms with van der Waals surface area (Å²) in [5.74, 6) is 0.852. The predicted molar refractivity (Wildman–Crippen MR) is 122 cm³/mol. The molecule has 6 radical (unpaired) electrons. The van der Waals surface area contributed by atoms with Gasteiger partial charge in [0.25, 0.3) is 0 Å². The quantitative estimate of drug-likeness (QED) is 0.191. The summed E-state index contributed by atoms with van der Waals surface area (Å²) in [4.78, 5) is 13.0. The van der Waals surface area contributed by atoms with Gasteiger partial charge in [0.2, 0.25) is 0 Å². The summed E-state index contributed by atoms with van der Waals surface area (Å²) in [7, 11) is 1.73.